The fourth-order valence-corrected chi connectivity index (χ4v) is 12.3. The summed E-state index contributed by atoms with van der Waals surface area (Å²) >= 11 is 0. The van der Waals surface area contributed by atoms with Gasteiger partial charge in [-0.1, -0.05) is 10.4 Å². The Morgan fingerprint density at radius 2 is 0.957 bits per heavy atom. The Morgan fingerprint density at radius 3 is 1.17 bits per heavy atom. The summed E-state index contributed by atoms with van der Waals surface area (Å²) in [6, 6.07) is 0. The lowest BCUT2D eigenvalue weighted by atomic mass is 10.7. The van der Waals surface area contributed by atoms with Gasteiger partial charge in [0.2, 0.25) is 0 Å². The zero-order valence-electron chi connectivity index (χ0n) is 16.4. The van der Waals surface area contributed by atoms with E-state index in [0.717, 1.165) is 0 Å². The van der Waals surface area contributed by atoms with Crippen molar-refractivity contribution in [3.63, 3.8) is 0 Å². The van der Waals surface area contributed by atoms with Crippen molar-refractivity contribution in [3.05, 3.63) is 21.8 Å². The minimum atomic E-state index is -2.19. The molecular formula is C14H34O5Si4. The van der Waals surface area contributed by atoms with Gasteiger partial charge in [-0.15, -0.1) is 0 Å². The van der Waals surface area contributed by atoms with Crippen molar-refractivity contribution in [2.24, 2.45) is 0 Å². The molecule has 0 aliphatic heterocycles. The third-order valence-electron chi connectivity index (χ3n) is 4.29. The summed E-state index contributed by atoms with van der Waals surface area (Å²) in [5.74, 6) is 0. The number of allylic oxidation sites excluding steroid dienone is 2. The average Bonchev–Trinajstić information content (AvgIpc) is 2.54. The van der Waals surface area contributed by atoms with Gasteiger partial charge in [-0.2, -0.15) is 0 Å². The summed E-state index contributed by atoms with van der Waals surface area (Å²) in [7, 11) is -0.423. The Balaban J connectivity index is 4.99. The fraction of sp³-hybridized carbons (Fsp3) is 0.714. The Labute approximate surface area is 147 Å². The highest BCUT2D eigenvalue weighted by molar-refractivity contribution is 6.78. The summed E-state index contributed by atoms with van der Waals surface area (Å²) in [6.45, 7) is 12.8. The minimum Gasteiger partial charge on any atom is -0.454 e. The van der Waals surface area contributed by atoms with Gasteiger partial charge < -0.3 is 21.8 Å². The molecule has 23 heavy (non-hydrogen) atoms. The summed E-state index contributed by atoms with van der Waals surface area (Å²) in [5, 5.41) is 2.57. The van der Waals surface area contributed by atoms with E-state index in [2.05, 4.69) is 38.3 Å². The van der Waals surface area contributed by atoms with Gasteiger partial charge in [-0.25, -0.2) is 0 Å². The van der Waals surface area contributed by atoms with E-state index < -0.39 is 35.2 Å². The molecule has 2 unspecified atom stereocenters. The second-order valence-corrected chi connectivity index (χ2v) is 17.8. The zero-order valence-corrected chi connectivity index (χ0v) is 20.7. The second kappa shape index (κ2) is 10.2. The molecule has 0 aromatic heterocycles. The highest BCUT2D eigenvalue weighted by Gasteiger charge is 2.29. The summed E-state index contributed by atoms with van der Waals surface area (Å²) in [5.41, 5.74) is 4.32. The average molecular weight is 395 g/mol. The van der Waals surface area contributed by atoms with E-state index in [-0.39, 0.29) is 0 Å². The molecule has 0 heterocycles. The van der Waals surface area contributed by atoms with Crippen LogP contribution in [0.1, 0.15) is 13.8 Å². The van der Waals surface area contributed by atoms with Crippen LogP contribution in [-0.4, -0.2) is 63.6 Å². The summed E-state index contributed by atoms with van der Waals surface area (Å²) in [6.07, 6.45) is 0. The molecule has 0 aliphatic rings. The molecule has 0 rings (SSSR count). The molecule has 0 aliphatic carbocycles. The standard InChI is InChI=1S/C14H34O5Si4/c1-13(11-22(9,15-3)16-4)20(7)19-21(8)14(2)12-23(10,17-5)18-6/h11-12,20-21H,1-10H3/b13-11+,14-12+. The lowest BCUT2D eigenvalue weighted by Crippen LogP contribution is -2.37. The van der Waals surface area contributed by atoms with Crippen LogP contribution in [-0.2, 0) is 21.8 Å². The van der Waals surface area contributed by atoms with Crippen LogP contribution in [0.25, 0.3) is 0 Å². The molecule has 0 saturated heterocycles. The van der Waals surface area contributed by atoms with E-state index in [4.69, 9.17) is 21.8 Å². The monoisotopic (exact) mass is 394 g/mol. The first-order valence-corrected chi connectivity index (χ1v) is 17.0. The van der Waals surface area contributed by atoms with E-state index in [1.54, 1.807) is 28.4 Å². The van der Waals surface area contributed by atoms with Gasteiger partial charge in [0.1, 0.15) is 0 Å². The number of hydrogen-bond acceptors (Lipinski definition) is 5. The SMILES string of the molecule is CO[Si](C)(/C=C(\C)[SiH](C)O[SiH](C)/C(C)=C/[Si](C)(OC)OC)OC. The Morgan fingerprint density at radius 1 is 0.696 bits per heavy atom. The molecule has 9 heteroatoms. The first kappa shape index (κ1) is 23.1. The molecule has 2 atom stereocenters. The fourth-order valence-electron chi connectivity index (χ4n) is 1.99. The van der Waals surface area contributed by atoms with Gasteiger partial charge in [0.15, 0.2) is 18.1 Å². The van der Waals surface area contributed by atoms with Crippen LogP contribution < -0.4 is 0 Å². The Kier molecular flexibility index (Phi) is 10.3. The van der Waals surface area contributed by atoms with Crippen molar-refractivity contribution >= 4 is 35.2 Å². The molecule has 0 aromatic rings. The molecule has 5 nitrogen and oxygen atoms in total. The number of rotatable bonds is 10. The van der Waals surface area contributed by atoms with Gasteiger partial charge >= 0.3 is 17.1 Å². The second-order valence-electron chi connectivity index (χ2n) is 6.05. The predicted octanol–water partition coefficient (Wildman–Crippen LogP) is 2.49. The van der Waals surface area contributed by atoms with E-state index in [1.165, 1.54) is 10.4 Å². The maximum absolute atomic E-state index is 6.41. The number of hydrogen-bond donors (Lipinski definition) is 0. The van der Waals surface area contributed by atoms with Crippen LogP contribution >= 0.6 is 0 Å². The molecule has 0 spiro atoms. The maximum atomic E-state index is 6.41. The largest absolute Gasteiger partial charge is 0.454 e. The molecule has 0 N–H and O–H groups in total. The van der Waals surface area contributed by atoms with Crippen molar-refractivity contribution in [2.75, 3.05) is 28.4 Å². The van der Waals surface area contributed by atoms with Crippen LogP contribution in [0.3, 0.4) is 0 Å². The summed E-state index contributed by atoms with van der Waals surface area (Å²) < 4.78 is 28.5. The third kappa shape index (κ3) is 7.71. The van der Waals surface area contributed by atoms with Crippen molar-refractivity contribution in [3.8, 4) is 0 Å². The van der Waals surface area contributed by atoms with E-state index in [0.29, 0.717) is 0 Å². The quantitative estimate of drug-likeness (QED) is 0.533. The normalized spacial score (nSPS) is 17.3. The molecule has 0 bridgehead atoms. The first-order valence-electron chi connectivity index (χ1n) is 7.81. The van der Waals surface area contributed by atoms with Crippen molar-refractivity contribution < 1.29 is 21.8 Å². The predicted molar refractivity (Wildman–Crippen MR) is 106 cm³/mol. The zero-order chi connectivity index (χ0) is 18.3. The van der Waals surface area contributed by atoms with Crippen molar-refractivity contribution in [2.45, 2.75) is 40.0 Å². The van der Waals surface area contributed by atoms with Gasteiger partial charge in [0.25, 0.3) is 0 Å². The van der Waals surface area contributed by atoms with E-state index in [9.17, 15) is 0 Å². The molecule has 0 aromatic carbocycles. The van der Waals surface area contributed by atoms with E-state index in [1.807, 2.05) is 13.1 Å². The Bertz CT molecular complexity index is 381. The molecule has 0 radical (unpaired) electrons. The van der Waals surface area contributed by atoms with Gasteiger partial charge in [-0.05, 0) is 51.4 Å². The maximum Gasteiger partial charge on any atom is 0.360 e. The van der Waals surface area contributed by atoms with E-state index >= 15 is 0 Å². The third-order valence-corrected chi connectivity index (χ3v) is 16.3. The van der Waals surface area contributed by atoms with Crippen LogP contribution in [0.5, 0.6) is 0 Å². The molecule has 0 fully saturated rings. The highest BCUT2D eigenvalue weighted by Crippen LogP contribution is 2.16. The molecule has 136 valence electrons. The smallest absolute Gasteiger partial charge is 0.360 e. The Hall–Kier alpha value is 0.148. The minimum absolute atomic E-state index is 1.29. The lowest BCUT2D eigenvalue weighted by molar-refractivity contribution is 0.263. The molecule has 0 amide bonds. The van der Waals surface area contributed by atoms with Crippen LogP contribution in [0, 0.1) is 0 Å². The lowest BCUT2D eigenvalue weighted by Gasteiger charge is -2.25. The highest BCUT2D eigenvalue weighted by atomic mass is 28.4. The molecule has 0 saturated carbocycles. The van der Waals surface area contributed by atoms with Crippen LogP contribution in [0.15, 0.2) is 21.8 Å². The van der Waals surface area contributed by atoms with Gasteiger partial charge in [-0.3, -0.25) is 0 Å². The molecular weight excluding hydrogens is 360 g/mol. The summed E-state index contributed by atoms with van der Waals surface area (Å²) in [4.78, 5) is 0. The first-order chi connectivity index (χ1) is 10.6. The van der Waals surface area contributed by atoms with Gasteiger partial charge in [0.05, 0.1) is 0 Å². The van der Waals surface area contributed by atoms with Crippen molar-refractivity contribution in [1.29, 1.82) is 0 Å². The van der Waals surface area contributed by atoms with Crippen LogP contribution in [0.4, 0.5) is 0 Å². The topological polar surface area (TPSA) is 46.2 Å². The van der Waals surface area contributed by atoms with Crippen LogP contribution in [0.2, 0.25) is 26.2 Å². The van der Waals surface area contributed by atoms with Gasteiger partial charge in [0, 0.05) is 28.4 Å². The van der Waals surface area contributed by atoms with Crippen molar-refractivity contribution in [1.82, 2.24) is 0 Å².